The number of fused-ring (bicyclic) bond motifs is 1. The Kier molecular flexibility index (Phi) is 2.45. The van der Waals surface area contributed by atoms with E-state index in [2.05, 4.69) is 26.1 Å². The molecule has 0 atom stereocenters. The van der Waals surface area contributed by atoms with Crippen molar-refractivity contribution in [3.8, 4) is 0 Å². The molecule has 0 radical (unpaired) electrons. The second kappa shape index (κ2) is 3.75. The van der Waals surface area contributed by atoms with Crippen LogP contribution < -0.4 is 0 Å². The van der Waals surface area contributed by atoms with Crippen molar-refractivity contribution in [2.45, 2.75) is 0 Å². The monoisotopic (exact) mass is 250 g/mol. The number of pyridine rings is 1. The lowest BCUT2D eigenvalue weighted by Crippen LogP contribution is -1.87. The molecule has 0 saturated carbocycles. The summed E-state index contributed by atoms with van der Waals surface area (Å²) in [6, 6.07) is 9.56. The van der Waals surface area contributed by atoms with Crippen LogP contribution in [0, 0.1) is 0 Å². The summed E-state index contributed by atoms with van der Waals surface area (Å²) in [5, 5.41) is 12.3. The fourth-order valence-electron chi connectivity index (χ4n) is 1.24. The highest BCUT2D eigenvalue weighted by atomic mass is 79.9. The molecule has 0 unspecified atom stereocenters. The van der Waals surface area contributed by atoms with E-state index >= 15 is 0 Å². The van der Waals surface area contributed by atoms with Crippen molar-refractivity contribution in [1.29, 1.82) is 0 Å². The summed E-state index contributed by atoms with van der Waals surface area (Å²) in [5.41, 5.74) is 1.52. The van der Waals surface area contributed by atoms with Gasteiger partial charge in [-0.2, -0.15) is 0 Å². The van der Waals surface area contributed by atoms with Crippen LogP contribution in [0.3, 0.4) is 0 Å². The van der Waals surface area contributed by atoms with Crippen LogP contribution in [0.15, 0.2) is 40.0 Å². The standard InChI is InChI=1S/C10H7BrN2O/c11-8-2-4-10-7(5-8)1-3-9(13-10)6-12-14/h1-6,14H/b12-6+. The molecule has 1 N–H and O–H groups in total. The average Bonchev–Trinajstić information content (AvgIpc) is 2.19. The van der Waals surface area contributed by atoms with Gasteiger partial charge in [0.1, 0.15) is 0 Å². The van der Waals surface area contributed by atoms with Gasteiger partial charge in [0, 0.05) is 9.86 Å². The lowest BCUT2D eigenvalue weighted by molar-refractivity contribution is 0.321. The first kappa shape index (κ1) is 9.15. The molecule has 14 heavy (non-hydrogen) atoms. The highest BCUT2D eigenvalue weighted by molar-refractivity contribution is 9.10. The van der Waals surface area contributed by atoms with Gasteiger partial charge in [-0.3, -0.25) is 0 Å². The van der Waals surface area contributed by atoms with Crippen molar-refractivity contribution in [3.63, 3.8) is 0 Å². The molecule has 0 spiro atoms. The number of hydrogen-bond donors (Lipinski definition) is 1. The van der Waals surface area contributed by atoms with E-state index in [1.165, 1.54) is 6.21 Å². The van der Waals surface area contributed by atoms with Gasteiger partial charge in [-0.15, -0.1) is 0 Å². The molecule has 3 nitrogen and oxygen atoms in total. The molecule has 1 heterocycles. The van der Waals surface area contributed by atoms with Crippen LogP contribution in [0.5, 0.6) is 0 Å². The fourth-order valence-corrected chi connectivity index (χ4v) is 1.62. The molecule has 0 amide bonds. The van der Waals surface area contributed by atoms with E-state index in [9.17, 15) is 0 Å². The zero-order chi connectivity index (χ0) is 9.97. The zero-order valence-corrected chi connectivity index (χ0v) is 8.77. The minimum atomic E-state index is 0.641. The number of hydrogen-bond acceptors (Lipinski definition) is 3. The first-order valence-electron chi connectivity index (χ1n) is 4.03. The maximum absolute atomic E-state index is 8.36. The second-order valence-electron chi connectivity index (χ2n) is 2.82. The predicted molar refractivity (Wildman–Crippen MR) is 58.8 cm³/mol. The van der Waals surface area contributed by atoms with Crippen molar-refractivity contribution >= 4 is 33.0 Å². The first-order valence-corrected chi connectivity index (χ1v) is 4.82. The van der Waals surface area contributed by atoms with Gasteiger partial charge in [0.15, 0.2) is 0 Å². The Morgan fingerprint density at radius 3 is 2.93 bits per heavy atom. The van der Waals surface area contributed by atoms with Gasteiger partial charge in [-0.05, 0) is 24.3 Å². The van der Waals surface area contributed by atoms with Crippen LogP contribution in [0.25, 0.3) is 10.9 Å². The van der Waals surface area contributed by atoms with Crippen molar-refractivity contribution in [2.75, 3.05) is 0 Å². The quantitative estimate of drug-likeness (QED) is 0.481. The van der Waals surface area contributed by atoms with Gasteiger partial charge in [-0.1, -0.05) is 27.2 Å². The van der Waals surface area contributed by atoms with Gasteiger partial charge in [-0.25, -0.2) is 4.98 Å². The van der Waals surface area contributed by atoms with Gasteiger partial charge in [0.2, 0.25) is 0 Å². The van der Waals surface area contributed by atoms with E-state index in [4.69, 9.17) is 5.21 Å². The SMILES string of the molecule is O/N=C/c1ccc2cc(Br)ccc2n1. The molecule has 1 aromatic carbocycles. The number of rotatable bonds is 1. The van der Waals surface area contributed by atoms with E-state index in [1.807, 2.05) is 24.3 Å². The highest BCUT2D eigenvalue weighted by Gasteiger charge is 1.96. The lowest BCUT2D eigenvalue weighted by Gasteiger charge is -1.98. The van der Waals surface area contributed by atoms with Crippen LogP contribution in [-0.2, 0) is 0 Å². The Morgan fingerprint density at radius 2 is 2.14 bits per heavy atom. The Bertz CT molecular complexity index is 496. The van der Waals surface area contributed by atoms with Gasteiger partial charge < -0.3 is 5.21 Å². The zero-order valence-electron chi connectivity index (χ0n) is 7.18. The average molecular weight is 251 g/mol. The summed E-state index contributed by atoms with van der Waals surface area (Å²) in [6.07, 6.45) is 1.31. The summed E-state index contributed by atoms with van der Waals surface area (Å²) in [5.74, 6) is 0. The van der Waals surface area contributed by atoms with E-state index in [-0.39, 0.29) is 0 Å². The molecule has 0 aliphatic heterocycles. The Hall–Kier alpha value is -1.42. The van der Waals surface area contributed by atoms with Crippen molar-refractivity contribution in [3.05, 3.63) is 40.5 Å². The van der Waals surface area contributed by atoms with Crippen molar-refractivity contribution < 1.29 is 5.21 Å². The van der Waals surface area contributed by atoms with Crippen LogP contribution in [0.2, 0.25) is 0 Å². The van der Waals surface area contributed by atoms with Crippen molar-refractivity contribution in [2.24, 2.45) is 5.16 Å². The van der Waals surface area contributed by atoms with Gasteiger partial charge in [0.25, 0.3) is 0 Å². The molecule has 4 heteroatoms. The Labute approximate surface area is 89.2 Å². The number of nitrogens with zero attached hydrogens (tertiary/aromatic N) is 2. The predicted octanol–water partition coefficient (Wildman–Crippen LogP) is 2.81. The van der Waals surface area contributed by atoms with Crippen LogP contribution >= 0.6 is 15.9 Å². The molecule has 0 aliphatic rings. The second-order valence-corrected chi connectivity index (χ2v) is 3.73. The fraction of sp³-hybridized carbons (Fsp3) is 0. The maximum Gasteiger partial charge on any atom is 0.0918 e. The molecule has 0 fully saturated rings. The Balaban J connectivity index is 2.61. The smallest absolute Gasteiger partial charge is 0.0918 e. The molecule has 1 aromatic heterocycles. The molecule has 0 aliphatic carbocycles. The lowest BCUT2D eigenvalue weighted by atomic mass is 10.2. The topological polar surface area (TPSA) is 45.5 Å². The third kappa shape index (κ3) is 1.75. The highest BCUT2D eigenvalue weighted by Crippen LogP contribution is 2.18. The number of benzene rings is 1. The molecule has 70 valence electrons. The third-order valence-electron chi connectivity index (χ3n) is 1.86. The summed E-state index contributed by atoms with van der Waals surface area (Å²) in [7, 11) is 0. The van der Waals surface area contributed by atoms with Crippen LogP contribution in [0.4, 0.5) is 0 Å². The summed E-state index contributed by atoms with van der Waals surface area (Å²) in [6.45, 7) is 0. The minimum absolute atomic E-state index is 0.641. The maximum atomic E-state index is 8.36. The number of halogens is 1. The Morgan fingerprint density at radius 1 is 1.29 bits per heavy atom. The largest absolute Gasteiger partial charge is 0.411 e. The molecule has 2 rings (SSSR count). The van der Waals surface area contributed by atoms with Crippen LogP contribution in [0.1, 0.15) is 5.69 Å². The summed E-state index contributed by atoms with van der Waals surface area (Å²) >= 11 is 3.39. The number of oxime groups is 1. The summed E-state index contributed by atoms with van der Waals surface area (Å²) < 4.78 is 1.02. The first-order chi connectivity index (χ1) is 6.79. The number of aromatic nitrogens is 1. The third-order valence-corrected chi connectivity index (χ3v) is 2.36. The normalized spacial score (nSPS) is 11.2. The van der Waals surface area contributed by atoms with Crippen LogP contribution in [-0.4, -0.2) is 16.4 Å². The molecular formula is C10H7BrN2O. The van der Waals surface area contributed by atoms with Crippen molar-refractivity contribution in [1.82, 2.24) is 4.98 Å². The van der Waals surface area contributed by atoms with E-state index in [1.54, 1.807) is 6.07 Å². The molecule has 0 saturated heterocycles. The van der Waals surface area contributed by atoms with E-state index in [0.29, 0.717) is 5.69 Å². The van der Waals surface area contributed by atoms with Gasteiger partial charge >= 0.3 is 0 Å². The van der Waals surface area contributed by atoms with E-state index < -0.39 is 0 Å². The van der Waals surface area contributed by atoms with E-state index in [0.717, 1.165) is 15.4 Å². The summed E-state index contributed by atoms with van der Waals surface area (Å²) in [4.78, 5) is 4.28. The molecule has 0 bridgehead atoms. The van der Waals surface area contributed by atoms with Gasteiger partial charge in [0.05, 0.1) is 17.4 Å². The molecular weight excluding hydrogens is 244 g/mol. The molecule has 2 aromatic rings. The minimum Gasteiger partial charge on any atom is -0.411 e.